The van der Waals surface area contributed by atoms with Gasteiger partial charge in [-0.15, -0.1) is 11.3 Å². The van der Waals surface area contributed by atoms with Crippen LogP contribution in [0, 0.1) is 10.1 Å². The smallest absolute Gasteiger partial charge is 0.258 e. The highest BCUT2D eigenvalue weighted by molar-refractivity contribution is 7.14. The SMILES string of the molecule is O=[N+]([O-])c1cccc(-c2csc(-c3ccsc3)n2)c1. The van der Waals surface area contributed by atoms with Crippen LogP contribution in [0.3, 0.4) is 0 Å². The first kappa shape index (κ1) is 12.0. The van der Waals surface area contributed by atoms with Crippen molar-refractivity contribution in [3.63, 3.8) is 0 Å². The Balaban J connectivity index is 1.99. The van der Waals surface area contributed by atoms with E-state index in [1.54, 1.807) is 34.8 Å². The maximum absolute atomic E-state index is 10.8. The Bertz CT molecular complexity index is 720. The van der Waals surface area contributed by atoms with Gasteiger partial charge in [0.2, 0.25) is 0 Å². The molecular weight excluding hydrogens is 280 g/mol. The van der Waals surface area contributed by atoms with Gasteiger partial charge in [0.15, 0.2) is 0 Å². The van der Waals surface area contributed by atoms with Crippen molar-refractivity contribution in [1.29, 1.82) is 0 Å². The van der Waals surface area contributed by atoms with Gasteiger partial charge in [0.1, 0.15) is 5.01 Å². The third-order valence-corrected chi connectivity index (χ3v) is 4.20. The van der Waals surface area contributed by atoms with E-state index in [-0.39, 0.29) is 5.69 Å². The van der Waals surface area contributed by atoms with Crippen molar-refractivity contribution < 1.29 is 4.92 Å². The Kier molecular flexibility index (Phi) is 3.10. The molecule has 0 fully saturated rings. The molecule has 0 spiro atoms. The van der Waals surface area contributed by atoms with E-state index in [9.17, 15) is 10.1 Å². The first-order chi connectivity index (χ1) is 9.24. The molecule has 0 radical (unpaired) electrons. The number of nitro groups is 1. The molecule has 6 heteroatoms. The van der Waals surface area contributed by atoms with Crippen LogP contribution in [0.4, 0.5) is 5.69 Å². The molecule has 0 aliphatic carbocycles. The van der Waals surface area contributed by atoms with Gasteiger partial charge in [-0.1, -0.05) is 12.1 Å². The van der Waals surface area contributed by atoms with Gasteiger partial charge in [-0.05, 0) is 11.4 Å². The molecule has 1 aromatic carbocycles. The maximum Gasteiger partial charge on any atom is 0.270 e. The molecule has 0 N–H and O–H groups in total. The minimum Gasteiger partial charge on any atom is -0.258 e. The Morgan fingerprint density at radius 1 is 1.16 bits per heavy atom. The fourth-order valence-electron chi connectivity index (χ4n) is 1.70. The quantitative estimate of drug-likeness (QED) is 0.528. The van der Waals surface area contributed by atoms with Gasteiger partial charge in [-0.2, -0.15) is 11.3 Å². The molecule has 3 aromatic rings. The zero-order chi connectivity index (χ0) is 13.2. The first-order valence-corrected chi connectivity index (χ1v) is 7.29. The van der Waals surface area contributed by atoms with Crippen LogP contribution >= 0.6 is 22.7 Å². The fourth-order valence-corrected chi connectivity index (χ4v) is 3.25. The minimum absolute atomic E-state index is 0.0857. The van der Waals surface area contributed by atoms with Gasteiger partial charge in [0, 0.05) is 34.0 Å². The normalized spacial score (nSPS) is 10.5. The van der Waals surface area contributed by atoms with Crippen molar-refractivity contribution in [2.24, 2.45) is 0 Å². The average molecular weight is 288 g/mol. The largest absolute Gasteiger partial charge is 0.270 e. The second-order valence-electron chi connectivity index (χ2n) is 3.86. The van der Waals surface area contributed by atoms with Crippen LogP contribution in [-0.2, 0) is 0 Å². The summed E-state index contributed by atoms with van der Waals surface area (Å²) in [5.74, 6) is 0. The second-order valence-corrected chi connectivity index (χ2v) is 5.50. The molecule has 0 unspecified atom stereocenters. The molecule has 0 atom stereocenters. The summed E-state index contributed by atoms with van der Waals surface area (Å²) in [6, 6.07) is 8.55. The lowest BCUT2D eigenvalue weighted by Crippen LogP contribution is -1.88. The number of hydrogen-bond acceptors (Lipinski definition) is 5. The van der Waals surface area contributed by atoms with Gasteiger partial charge >= 0.3 is 0 Å². The van der Waals surface area contributed by atoms with Crippen molar-refractivity contribution in [1.82, 2.24) is 4.98 Å². The van der Waals surface area contributed by atoms with Crippen molar-refractivity contribution >= 4 is 28.4 Å². The van der Waals surface area contributed by atoms with E-state index in [0.29, 0.717) is 0 Å². The average Bonchev–Trinajstić information content (AvgIpc) is 3.09. The molecular formula is C13H8N2O2S2. The summed E-state index contributed by atoms with van der Waals surface area (Å²) in [6.07, 6.45) is 0. The summed E-state index contributed by atoms with van der Waals surface area (Å²) < 4.78 is 0. The minimum atomic E-state index is -0.393. The van der Waals surface area contributed by atoms with Crippen molar-refractivity contribution in [3.05, 3.63) is 56.6 Å². The monoisotopic (exact) mass is 288 g/mol. The van der Waals surface area contributed by atoms with Gasteiger partial charge in [-0.3, -0.25) is 10.1 Å². The van der Waals surface area contributed by atoms with Crippen molar-refractivity contribution in [2.75, 3.05) is 0 Å². The molecule has 19 heavy (non-hydrogen) atoms. The van der Waals surface area contributed by atoms with Crippen LogP contribution in [0.2, 0.25) is 0 Å². The van der Waals surface area contributed by atoms with Crippen LogP contribution in [0.15, 0.2) is 46.5 Å². The molecule has 0 bridgehead atoms. The van der Waals surface area contributed by atoms with E-state index >= 15 is 0 Å². The lowest BCUT2D eigenvalue weighted by molar-refractivity contribution is -0.384. The molecule has 4 nitrogen and oxygen atoms in total. The number of thiophene rings is 1. The Morgan fingerprint density at radius 3 is 2.79 bits per heavy atom. The highest BCUT2D eigenvalue weighted by Gasteiger charge is 2.10. The topological polar surface area (TPSA) is 56.0 Å². The molecule has 0 amide bonds. The number of nitro benzene ring substituents is 1. The van der Waals surface area contributed by atoms with E-state index in [1.165, 1.54) is 6.07 Å². The first-order valence-electron chi connectivity index (χ1n) is 5.47. The number of benzene rings is 1. The molecule has 0 aliphatic rings. The number of aromatic nitrogens is 1. The molecule has 2 heterocycles. The molecule has 0 saturated heterocycles. The van der Waals surface area contributed by atoms with Gasteiger partial charge in [0.05, 0.1) is 10.6 Å². The number of nitrogens with zero attached hydrogens (tertiary/aromatic N) is 2. The highest BCUT2D eigenvalue weighted by atomic mass is 32.1. The Morgan fingerprint density at radius 2 is 2.05 bits per heavy atom. The summed E-state index contributed by atoms with van der Waals surface area (Å²) in [5, 5.41) is 17.7. The standard InChI is InChI=1S/C13H8N2O2S2/c16-15(17)11-3-1-2-9(6-11)12-8-19-13(14-12)10-4-5-18-7-10/h1-8H. The number of hydrogen-bond donors (Lipinski definition) is 0. The Labute approximate surface area is 117 Å². The van der Waals surface area contributed by atoms with Crippen molar-refractivity contribution in [3.8, 4) is 21.8 Å². The lowest BCUT2D eigenvalue weighted by atomic mass is 10.1. The summed E-state index contributed by atoms with van der Waals surface area (Å²) >= 11 is 3.17. The lowest BCUT2D eigenvalue weighted by Gasteiger charge is -1.96. The summed E-state index contributed by atoms with van der Waals surface area (Å²) in [7, 11) is 0. The van der Waals surface area contributed by atoms with Crippen LogP contribution < -0.4 is 0 Å². The zero-order valence-corrected chi connectivity index (χ0v) is 11.3. The Hall–Kier alpha value is -2.05. The summed E-state index contributed by atoms with van der Waals surface area (Å²) in [5.41, 5.74) is 2.72. The number of thiazole rings is 1. The van der Waals surface area contributed by atoms with E-state index < -0.39 is 4.92 Å². The third-order valence-electron chi connectivity index (χ3n) is 2.63. The van der Waals surface area contributed by atoms with E-state index in [1.807, 2.05) is 28.3 Å². The zero-order valence-electron chi connectivity index (χ0n) is 9.65. The van der Waals surface area contributed by atoms with Gasteiger partial charge in [-0.25, -0.2) is 4.98 Å². The van der Waals surface area contributed by atoms with Gasteiger partial charge < -0.3 is 0 Å². The molecule has 0 saturated carbocycles. The molecule has 94 valence electrons. The summed E-state index contributed by atoms with van der Waals surface area (Å²) in [4.78, 5) is 14.9. The maximum atomic E-state index is 10.8. The second kappa shape index (κ2) is 4.91. The van der Waals surface area contributed by atoms with E-state index in [4.69, 9.17) is 0 Å². The van der Waals surface area contributed by atoms with Crippen LogP contribution in [-0.4, -0.2) is 9.91 Å². The van der Waals surface area contributed by atoms with Crippen LogP contribution in [0.5, 0.6) is 0 Å². The predicted octanol–water partition coefficient (Wildman–Crippen LogP) is 4.45. The molecule has 0 aliphatic heterocycles. The molecule has 3 rings (SSSR count). The number of rotatable bonds is 3. The third kappa shape index (κ3) is 2.40. The van der Waals surface area contributed by atoms with Crippen LogP contribution in [0.1, 0.15) is 0 Å². The summed E-state index contributed by atoms with van der Waals surface area (Å²) in [6.45, 7) is 0. The van der Waals surface area contributed by atoms with Crippen molar-refractivity contribution in [2.45, 2.75) is 0 Å². The van der Waals surface area contributed by atoms with E-state index in [2.05, 4.69) is 4.98 Å². The highest BCUT2D eigenvalue weighted by Crippen LogP contribution is 2.31. The van der Waals surface area contributed by atoms with E-state index in [0.717, 1.165) is 21.8 Å². The fraction of sp³-hybridized carbons (Fsp3) is 0. The predicted molar refractivity (Wildman–Crippen MR) is 77.5 cm³/mol. The molecule has 2 aromatic heterocycles. The van der Waals surface area contributed by atoms with Crippen LogP contribution in [0.25, 0.3) is 21.8 Å². The number of non-ortho nitro benzene ring substituents is 1. The van der Waals surface area contributed by atoms with Gasteiger partial charge in [0.25, 0.3) is 5.69 Å².